The van der Waals surface area contributed by atoms with Crippen LogP contribution in [-0.4, -0.2) is 57.2 Å². The SMILES string of the molecule is CN(C(=O)c1cn[nH]c1)C1CN(c2ncnc(-c3ccc(F)cc3)c2F)C1. The van der Waals surface area contributed by atoms with E-state index < -0.39 is 11.6 Å². The van der Waals surface area contributed by atoms with Gasteiger partial charge in [0.05, 0.1) is 17.8 Å². The molecule has 0 unspecified atom stereocenters. The summed E-state index contributed by atoms with van der Waals surface area (Å²) in [6, 6.07) is 5.40. The molecule has 1 amide bonds. The number of amides is 1. The first kappa shape index (κ1) is 17.1. The highest BCUT2D eigenvalue weighted by Crippen LogP contribution is 2.29. The Hall–Kier alpha value is -3.36. The molecule has 9 heteroatoms. The molecule has 1 fully saturated rings. The van der Waals surface area contributed by atoms with E-state index in [9.17, 15) is 13.6 Å². The van der Waals surface area contributed by atoms with E-state index in [1.54, 1.807) is 16.8 Å². The lowest BCUT2D eigenvalue weighted by Crippen LogP contribution is -2.60. The Labute approximate surface area is 153 Å². The maximum Gasteiger partial charge on any atom is 0.257 e. The van der Waals surface area contributed by atoms with Gasteiger partial charge in [-0.3, -0.25) is 9.89 Å². The molecule has 1 saturated heterocycles. The molecule has 138 valence electrons. The van der Waals surface area contributed by atoms with Crippen LogP contribution >= 0.6 is 0 Å². The Morgan fingerprint density at radius 3 is 2.63 bits per heavy atom. The number of aromatic nitrogens is 4. The standard InChI is InChI=1S/C18H16F2N6O/c1-25(18(27)12-6-23-24-7-12)14-8-26(9-14)17-15(20)16(21-10-22-17)11-2-4-13(19)5-3-11/h2-7,10,14H,8-9H2,1H3,(H,23,24). The second kappa shape index (κ2) is 6.75. The van der Waals surface area contributed by atoms with Gasteiger partial charge in [-0.2, -0.15) is 5.10 Å². The van der Waals surface area contributed by atoms with Crippen LogP contribution in [0, 0.1) is 11.6 Å². The van der Waals surface area contributed by atoms with Crippen molar-refractivity contribution in [3.05, 3.63) is 60.2 Å². The number of hydrogen-bond donors (Lipinski definition) is 1. The molecule has 7 nitrogen and oxygen atoms in total. The summed E-state index contributed by atoms with van der Waals surface area (Å²) in [6.45, 7) is 0.910. The molecule has 4 rings (SSSR count). The third-order valence-electron chi connectivity index (χ3n) is 4.66. The van der Waals surface area contributed by atoms with Crippen molar-refractivity contribution in [2.24, 2.45) is 0 Å². The number of halogens is 2. The Kier molecular flexibility index (Phi) is 4.27. The van der Waals surface area contributed by atoms with Gasteiger partial charge < -0.3 is 9.80 Å². The highest BCUT2D eigenvalue weighted by Gasteiger charge is 2.35. The molecule has 1 aliphatic heterocycles. The maximum atomic E-state index is 14.9. The number of carbonyl (C=O) groups excluding carboxylic acids is 1. The lowest BCUT2D eigenvalue weighted by Gasteiger charge is -2.44. The lowest BCUT2D eigenvalue weighted by molar-refractivity contribution is 0.0705. The summed E-state index contributed by atoms with van der Waals surface area (Å²) in [5.74, 6) is -0.941. The van der Waals surface area contributed by atoms with Gasteiger partial charge in [-0.1, -0.05) is 0 Å². The largest absolute Gasteiger partial charge is 0.350 e. The quantitative estimate of drug-likeness (QED) is 0.761. The molecule has 2 aromatic heterocycles. The van der Waals surface area contributed by atoms with Gasteiger partial charge in [0, 0.05) is 31.9 Å². The predicted molar refractivity (Wildman–Crippen MR) is 94.1 cm³/mol. The Morgan fingerprint density at radius 2 is 1.96 bits per heavy atom. The fraction of sp³-hybridized carbons (Fsp3) is 0.222. The average molecular weight is 370 g/mol. The highest BCUT2D eigenvalue weighted by atomic mass is 19.1. The lowest BCUT2D eigenvalue weighted by atomic mass is 10.1. The number of H-pyrrole nitrogens is 1. The van der Waals surface area contributed by atoms with E-state index in [1.807, 2.05) is 0 Å². The van der Waals surface area contributed by atoms with Crippen LogP contribution in [-0.2, 0) is 0 Å². The number of nitrogens with one attached hydrogen (secondary N) is 1. The van der Waals surface area contributed by atoms with Crippen molar-refractivity contribution in [2.75, 3.05) is 25.0 Å². The average Bonchev–Trinajstić information content (AvgIpc) is 3.16. The van der Waals surface area contributed by atoms with Crippen molar-refractivity contribution in [1.29, 1.82) is 0 Å². The van der Waals surface area contributed by atoms with Gasteiger partial charge in [0.25, 0.3) is 5.91 Å². The summed E-state index contributed by atoms with van der Waals surface area (Å²) in [6.07, 6.45) is 4.29. The van der Waals surface area contributed by atoms with E-state index in [0.29, 0.717) is 24.2 Å². The maximum absolute atomic E-state index is 14.9. The zero-order chi connectivity index (χ0) is 19.0. The fourth-order valence-electron chi connectivity index (χ4n) is 3.00. The monoisotopic (exact) mass is 370 g/mol. The number of aromatic amines is 1. The van der Waals surface area contributed by atoms with E-state index >= 15 is 0 Å². The second-order valence-electron chi connectivity index (χ2n) is 6.33. The molecular weight excluding hydrogens is 354 g/mol. The zero-order valence-electron chi connectivity index (χ0n) is 14.4. The normalized spacial score (nSPS) is 14.1. The van der Waals surface area contributed by atoms with Crippen molar-refractivity contribution in [3.63, 3.8) is 0 Å². The minimum absolute atomic E-state index is 0.0592. The molecule has 0 bridgehead atoms. The first-order valence-corrected chi connectivity index (χ1v) is 8.32. The van der Waals surface area contributed by atoms with E-state index in [2.05, 4.69) is 20.2 Å². The molecule has 0 saturated carbocycles. The summed E-state index contributed by atoms with van der Waals surface area (Å²) in [5.41, 5.74) is 1.07. The van der Waals surface area contributed by atoms with E-state index in [0.717, 1.165) is 0 Å². The first-order chi connectivity index (χ1) is 13.0. The third-order valence-corrected chi connectivity index (χ3v) is 4.66. The summed E-state index contributed by atoms with van der Waals surface area (Å²) >= 11 is 0. The van der Waals surface area contributed by atoms with Gasteiger partial charge in [-0.25, -0.2) is 18.7 Å². The van der Waals surface area contributed by atoms with Gasteiger partial charge in [-0.15, -0.1) is 0 Å². The number of likely N-dealkylation sites (N-methyl/N-ethyl adjacent to an activating group) is 1. The molecule has 3 aromatic rings. The molecule has 1 aliphatic rings. The molecule has 1 aromatic carbocycles. The minimum atomic E-state index is -0.564. The smallest absolute Gasteiger partial charge is 0.257 e. The molecule has 0 aliphatic carbocycles. The van der Waals surface area contributed by atoms with E-state index in [1.165, 1.54) is 43.0 Å². The van der Waals surface area contributed by atoms with Crippen molar-refractivity contribution in [3.8, 4) is 11.3 Å². The number of anilines is 1. The fourth-order valence-corrected chi connectivity index (χ4v) is 3.00. The van der Waals surface area contributed by atoms with Crippen molar-refractivity contribution in [2.45, 2.75) is 6.04 Å². The van der Waals surface area contributed by atoms with Crippen molar-refractivity contribution < 1.29 is 13.6 Å². The molecule has 27 heavy (non-hydrogen) atoms. The Balaban J connectivity index is 1.49. The minimum Gasteiger partial charge on any atom is -0.350 e. The van der Waals surface area contributed by atoms with E-state index in [4.69, 9.17) is 0 Å². The van der Waals surface area contributed by atoms with Crippen LogP contribution in [0.2, 0.25) is 0 Å². The van der Waals surface area contributed by atoms with Gasteiger partial charge in [0.1, 0.15) is 17.8 Å². The topological polar surface area (TPSA) is 78.0 Å². The van der Waals surface area contributed by atoms with Gasteiger partial charge in [-0.05, 0) is 24.3 Å². The Bertz CT molecular complexity index is 954. The van der Waals surface area contributed by atoms with Crippen LogP contribution in [0.15, 0.2) is 43.0 Å². The van der Waals surface area contributed by atoms with E-state index in [-0.39, 0.29) is 23.5 Å². The van der Waals surface area contributed by atoms with Crippen molar-refractivity contribution >= 4 is 11.7 Å². The van der Waals surface area contributed by atoms with Crippen molar-refractivity contribution in [1.82, 2.24) is 25.1 Å². The van der Waals surface area contributed by atoms with Crippen LogP contribution in [0.3, 0.4) is 0 Å². The van der Waals surface area contributed by atoms with Crippen LogP contribution in [0.25, 0.3) is 11.3 Å². The number of carbonyl (C=O) groups is 1. The number of nitrogens with zero attached hydrogens (tertiary/aromatic N) is 5. The van der Waals surface area contributed by atoms with Crippen LogP contribution in [0.5, 0.6) is 0 Å². The summed E-state index contributed by atoms with van der Waals surface area (Å²) in [4.78, 5) is 23.7. The molecular formula is C18H16F2N6O. The van der Waals surface area contributed by atoms with Gasteiger partial charge >= 0.3 is 0 Å². The van der Waals surface area contributed by atoms with Crippen LogP contribution < -0.4 is 4.90 Å². The van der Waals surface area contributed by atoms with Crippen LogP contribution in [0.1, 0.15) is 10.4 Å². The second-order valence-corrected chi connectivity index (χ2v) is 6.33. The number of rotatable bonds is 4. The summed E-state index contributed by atoms with van der Waals surface area (Å²) in [7, 11) is 1.71. The molecule has 3 heterocycles. The molecule has 1 N–H and O–H groups in total. The summed E-state index contributed by atoms with van der Waals surface area (Å²) < 4.78 is 28.0. The first-order valence-electron chi connectivity index (χ1n) is 8.32. The summed E-state index contributed by atoms with van der Waals surface area (Å²) in [5, 5.41) is 6.38. The molecule has 0 atom stereocenters. The predicted octanol–water partition coefficient (Wildman–Crippen LogP) is 2.11. The third kappa shape index (κ3) is 3.12. The molecule has 0 spiro atoms. The van der Waals surface area contributed by atoms with Crippen LogP contribution in [0.4, 0.5) is 14.6 Å². The molecule has 0 radical (unpaired) electrons. The number of benzene rings is 1. The Morgan fingerprint density at radius 1 is 1.22 bits per heavy atom. The van der Waals surface area contributed by atoms with Gasteiger partial charge in [0.2, 0.25) is 0 Å². The number of hydrogen-bond acceptors (Lipinski definition) is 5. The highest BCUT2D eigenvalue weighted by molar-refractivity contribution is 5.93. The zero-order valence-corrected chi connectivity index (χ0v) is 14.4. The van der Waals surface area contributed by atoms with Gasteiger partial charge in [0.15, 0.2) is 11.6 Å².